The number of benzene rings is 1. The number of furan rings is 1. The summed E-state index contributed by atoms with van der Waals surface area (Å²) in [7, 11) is 0. The molecule has 5 heteroatoms. The third kappa shape index (κ3) is 2.78. The standard InChI is InChI=1S/C16H20N2O2.ClH/c1-9-4-5-10(2)14-13(9)11(3)15(20-14)16(19)18-12-6-7-17-8-12;/h4-5,12,17H,6-8H2,1-3H3,(H,18,19);1H. The zero-order valence-corrected chi connectivity index (χ0v) is 13.4. The Morgan fingerprint density at radius 1 is 1.29 bits per heavy atom. The molecule has 1 aliphatic heterocycles. The fraction of sp³-hybridized carbons (Fsp3) is 0.438. The molecule has 0 spiro atoms. The smallest absolute Gasteiger partial charge is 0.287 e. The number of aryl methyl sites for hydroxylation is 3. The summed E-state index contributed by atoms with van der Waals surface area (Å²) in [4.78, 5) is 12.4. The average molecular weight is 309 g/mol. The Kier molecular flexibility index (Phi) is 4.59. The Labute approximate surface area is 130 Å². The molecule has 3 rings (SSSR count). The lowest BCUT2D eigenvalue weighted by molar-refractivity contribution is 0.0913. The first-order valence-electron chi connectivity index (χ1n) is 7.09. The predicted octanol–water partition coefficient (Wildman–Crippen LogP) is 2.87. The Bertz CT molecular complexity index is 672. The molecule has 0 radical (unpaired) electrons. The summed E-state index contributed by atoms with van der Waals surface area (Å²) in [5.74, 6) is 0.343. The average Bonchev–Trinajstić information content (AvgIpc) is 3.02. The third-order valence-corrected chi connectivity index (χ3v) is 4.08. The summed E-state index contributed by atoms with van der Waals surface area (Å²) in [6.45, 7) is 7.81. The summed E-state index contributed by atoms with van der Waals surface area (Å²) in [6.07, 6.45) is 0.975. The lowest BCUT2D eigenvalue weighted by Crippen LogP contribution is -2.36. The second-order valence-electron chi connectivity index (χ2n) is 5.62. The largest absolute Gasteiger partial charge is 0.450 e. The monoisotopic (exact) mass is 308 g/mol. The molecule has 0 saturated carbocycles. The van der Waals surface area contributed by atoms with Crippen LogP contribution in [0.15, 0.2) is 16.5 Å². The van der Waals surface area contributed by atoms with E-state index in [1.165, 1.54) is 0 Å². The summed E-state index contributed by atoms with van der Waals surface area (Å²) in [5, 5.41) is 7.35. The highest BCUT2D eigenvalue weighted by molar-refractivity contribution is 6.00. The molecule has 1 unspecified atom stereocenters. The molecule has 1 fully saturated rings. The van der Waals surface area contributed by atoms with Gasteiger partial charge < -0.3 is 15.1 Å². The molecule has 2 N–H and O–H groups in total. The van der Waals surface area contributed by atoms with Crippen LogP contribution in [-0.4, -0.2) is 25.0 Å². The van der Waals surface area contributed by atoms with Crippen molar-refractivity contribution >= 4 is 29.3 Å². The molecule has 1 aromatic heterocycles. The quantitative estimate of drug-likeness (QED) is 0.897. The van der Waals surface area contributed by atoms with E-state index < -0.39 is 0 Å². The molecule has 1 aromatic carbocycles. The van der Waals surface area contributed by atoms with Gasteiger partial charge in [-0.1, -0.05) is 12.1 Å². The lowest BCUT2D eigenvalue weighted by atomic mass is 10.0. The molecular weight excluding hydrogens is 288 g/mol. The number of carbonyl (C=O) groups excluding carboxylic acids is 1. The minimum atomic E-state index is -0.105. The highest BCUT2D eigenvalue weighted by Crippen LogP contribution is 2.30. The van der Waals surface area contributed by atoms with E-state index in [4.69, 9.17) is 4.42 Å². The first-order chi connectivity index (χ1) is 9.58. The van der Waals surface area contributed by atoms with Gasteiger partial charge in [0.1, 0.15) is 5.58 Å². The zero-order chi connectivity index (χ0) is 14.3. The first kappa shape index (κ1) is 15.9. The maximum absolute atomic E-state index is 12.4. The van der Waals surface area contributed by atoms with E-state index in [1.54, 1.807) is 0 Å². The highest BCUT2D eigenvalue weighted by Gasteiger charge is 2.23. The Balaban J connectivity index is 0.00000161. The highest BCUT2D eigenvalue weighted by atomic mass is 35.5. The van der Waals surface area contributed by atoms with Gasteiger partial charge in [-0.25, -0.2) is 0 Å². The summed E-state index contributed by atoms with van der Waals surface area (Å²) >= 11 is 0. The van der Waals surface area contributed by atoms with Gasteiger partial charge in [0.15, 0.2) is 5.76 Å². The topological polar surface area (TPSA) is 54.3 Å². The van der Waals surface area contributed by atoms with Gasteiger partial charge in [0.25, 0.3) is 5.91 Å². The van der Waals surface area contributed by atoms with Crippen LogP contribution in [0, 0.1) is 20.8 Å². The van der Waals surface area contributed by atoms with E-state index >= 15 is 0 Å². The zero-order valence-electron chi connectivity index (χ0n) is 12.6. The summed E-state index contributed by atoms with van der Waals surface area (Å²) in [5.41, 5.74) is 3.98. The van der Waals surface area contributed by atoms with Crippen LogP contribution in [0.5, 0.6) is 0 Å². The fourth-order valence-corrected chi connectivity index (χ4v) is 2.92. The van der Waals surface area contributed by atoms with Crippen molar-refractivity contribution < 1.29 is 9.21 Å². The van der Waals surface area contributed by atoms with Gasteiger partial charge in [-0.3, -0.25) is 4.79 Å². The molecule has 21 heavy (non-hydrogen) atoms. The van der Waals surface area contributed by atoms with Crippen LogP contribution >= 0.6 is 12.4 Å². The normalized spacial score (nSPS) is 17.8. The molecule has 4 nitrogen and oxygen atoms in total. The Morgan fingerprint density at radius 2 is 2.00 bits per heavy atom. The molecule has 2 aromatic rings. The number of halogens is 1. The maximum Gasteiger partial charge on any atom is 0.287 e. The molecule has 1 aliphatic rings. The minimum Gasteiger partial charge on any atom is -0.450 e. The molecule has 1 atom stereocenters. The van der Waals surface area contributed by atoms with Crippen LogP contribution in [-0.2, 0) is 0 Å². The van der Waals surface area contributed by atoms with Gasteiger partial charge >= 0.3 is 0 Å². The molecule has 0 aliphatic carbocycles. The Hall–Kier alpha value is -1.52. The predicted molar refractivity (Wildman–Crippen MR) is 86.4 cm³/mol. The SMILES string of the molecule is Cc1ccc(C)c2c(C)c(C(=O)NC3CCNC3)oc12.Cl. The third-order valence-electron chi connectivity index (χ3n) is 4.08. The molecular formula is C16H21ClN2O2. The van der Waals surface area contributed by atoms with Crippen molar-refractivity contribution in [2.75, 3.05) is 13.1 Å². The van der Waals surface area contributed by atoms with Crippen LogP contribution < -0.4 is 10.6 Å². The van der Waals surface area contributed by atoms with Crippen LogP contribution in [0.3, 0.4) is 0 Å². The van der Waals surface area contributed by atoms with E-state index in [2.05, 4.69) is 16.7 Å². The summed E-state index contributed by atoms with van der Waals surface area (Å²) in [6, 6.07) is 4.31. The summed E-state index contributed by atoms with van der Waals surface area (Å²) < 4.78 is 5.85. The lowest BCUT2D eigenvalue weighted by Gasteiger charge is -2.09. The van der Waals surface area contributed by atoms with Gasteiger partial charge in [0, 0.05) is 23.5 Å². The van der Waals surface area contributed by atoms with Gasteiger partial charge in [0.2, 0.25) is 0 Å². The van der Waals surface area contributed by atoms with Crippen molar-refractivity contribution in [3.05, 3.63) is 34.6 Å². The van der Waals surface area contributed by atoms with E-state index in [9.17, 15) is 4.79 Å². The van der Waals surface area contributed by atoms with Gasteiger partial charge in [-0.2, -0.15) is 0 Å². The van der Waals surface area contributed by atoms with Crippen molar-refractivity contribution in [2.45, 2.75) is 33.2 Å². The second-order valence-corrected chi connectivity index (χ2v) is 5.62. The van der Waals surface area contributed by atoms with Crippen molar-refractivity contribution in [2.24, 2.45) is 0 Å². The number of carbonyl (C=O) groups is 1. The van der Waals surface area contributed by atoms with E-state index in [-0.39, 0.29) is 24.4 Å². The van der Waals surface area contributed by atoms with Gasteiger partial charge in [0.05, 0.1) is 0 Å². The van der Waals surface area contributed by atoms with Crippen LogP contribution in [0.2, 0.25) is 0 Å². The number of fused-ring (bicyclic) bond motifs is 1. The van der Waals surface area contributed by atoms with Crippen molar-refractivity contribution in [3.8, 4) is 0 Å². The van der Waals surface area contributed by atoms with Gasteiger partial charge in [-0.05, 0) is 44.9 Å². The molecule has 1 saturated heterocycles. The number of rotatable bonds is 2. The van der Waals surface area contributed by atoms with Crippen molar-refractivity contribution in [3.63, 3.8) is 0 Å². The van der Waals surface area contributed by atoms with E-state index in [0.717, 1.165) is 47.2 Å². The number of nitrogens with one attached hydrogen (secondary N) is 2. The van der Waals surface area contributed by atoms with E-state index in [1.807, 2.05) is 26.8 Å². The van der Waals surface area contributed by atoms with Crippen molar-refractivity contribution in [1.82, 2.24) is 10.6 Å². The van der Waals surface area contributed by atoms with E-state index in [0.29, 0.717) is 5.76 Å². The molecule has 114 valence electrons. The second kappa shape index (κ2) is 6.08. The number of hydrogen-bond acceptors (Lipinski definition) is 3. The van der Waals surface area contributed by atoms with Gasteiger partial charge in [-0.15, -0.1) is 12.4 Å². The van der Waals surface area contributed by atoms with Crippen LogP contribution in [0.4, 0.5) is 0 Å². The van der Waals surface area contributed by atoms with Crippen LogP contribution in [0.1, 0.15) is 33.7 Å². The molecule has 2 heterocycles. The molecule has 0 bridgehead atoms. The fourth-order valence-electron chi connectivity index (χ4n) is 2.92. The number of amides is 1. The first-order valence-corrected chi connectivity index (χ1v) is 7.09. The Morgan fingerprint density at radius 3 is 2.62 bits per heavy atom. The minimum absolute atomic E-state index is 0. The maximum atomic E-state index is 12.4. The molecule has 1 amide bonds. The van der Waals surface area contributed by atoms with Crippen molar-refractivity contribution in [1.29, 1.82) is 0 Å². The van der Waals surface area contributed by atoms with Crippen LogP contribution in [0.25, 0.3) is 11.0 Å². The number of hydrogen-bond donors (Lipinski definition) is 2.